The van der Waals surface area contributed by atoms with Crippen LogP contribution in [0.3, 0.4) is 0 Å². The van der Waals surface area contributed by atoms with E-state index in [4.69, 9.17) is 16.0 Å². The highest BCUT2D eigenvalue weighted by Crippen LogP contribution is 2.32. The number of halogens is 1. The average molecular weight is 384 g/mol. The first-order chi connectivity index (χ1) is 13.1. The van der Waals surface area contributed by atoms with Crippen LogP contribution < -0.4 is 5.56 Å². The number of nitrogens with zero attached hydrogens (tertiary/aromatic N) is 2. The van der Waals surface area contributed by atoms with E-state index in [2.05, 4.69) is 9.97 Å². The van der Waals surface area contributed by atoms with Gasteiger partial charge in [-0.15, -0.1) is 0 Å². The Morgan fingerprint density at radius 2 is 2.07 bits per heavy atom. The number of amides is 1. The van der Waals surface area contributed by atoms with Gasteiger partial charge in [0.15, 0.2) is 0 Å². The predicted molar refractivity (Wildman–Crippen MR) is 101 cm³/mol. The normalized spacial score (nSPS) is 16.6. The van der Waals surface area contributed by atoms with Crippen molar-refractivity contribution in [1.29, 1.82) is 0 Å². The summed E-state index contributed by atoms with van der Waals surface area (Å²) in [7, 11) is 0. The predicted octanol–water partition coefficient (Wildman–Crippen LogP) is 3.58. The van der Waals surface area contributed by atoms with Crippen LogP contribution in [0.15, 0.2) is 57.9 Å². The number of hydrogen-bond acceptors (Lipinski definition) is 4. The number of nitrogens with one attached hydrogen (secondary N) is 1. The van der Waals surface area contributed by atoms with Crippen molar-refractivity contribution in [2.24, 2.45) is 0 Å². The first-order valence-electron chi connectivity index (χ1n) is 8.79. The second kappa shape index (κ2) is 7.40. The zero-order chi connectivity index (χ0) is 18.8. The minimum Gasteiger partial charge on any atom is -0.443 e. The minimum atomic E-state index is -0.294. The van der Waals surface area contributed by atoms with E-state index >= 15 is 0 Å². The third kappa shape index (κ3) is 3.80. The molecule has 1 saturated heterocycles. The van der Waals surface area contributed by atoms with Gasteiger partial charge in [-0.3, -0.25) is 9.59 Å². The monoisotopic (exact) mass is 383 g/mol. The van der Waals surface area contributed by atoms with Crippen molar-refractivity contribution in [3.8, 4) is 0 Å². The molecule has 0 unspecified atom stereocenters. The lowest BCUT2D eigenvalue weighted by Crippen LogP contribution is -2.32. The van der Waals surface area contributed by atoms with Crippen LogP contribution in [0.25, 0.3) is 0 Å². The van der Waals surface area contributed by atoms with Crippen LogP contribution in [0.1, 0.15) is 46.6 Å². The molecule has 6 nitrogen and oxygen atoms in total. The Bertz CT molecular complexity index is 1010. The van der Waals surface area contributed by atoms with Crippen LogP contribution in [-0.4, -0.2) is 27.3 Å². The summed E-state index contributed by atoms with van der Waals surface area (Å²) in [5.41, 5.74) is 1.06. The summed E-state index contributed by atoms with van der Waals surface area (Å²) in [4.78, 5) is 33.0. The molecule has 1 fully saturated rings. The summed E-state index contributed by atoms with van der Waals surface area (Å²) in [5, 5.41) is 0.691. The van der Waals surface area contributed by atoms with Gasteiger partial charge in [-0.1, -0.05) is 29.8 Å². The van der Waals surface area contributed by atoms with Crippen molar-refractivity contribution in [3.63, 3.8) is 0 Å². The molecule has 0 spiro atoms. The van der Waals surface area contributed by atoms with E-state index in [1.165, 1.54) is 6.07 Å². The van der Waals surface area contributed by atoms with Crippen LogP contribution in [0.2, 0.25) is 5.02 Å². The quantitative estimate of drug-likeness (QED) is 0.746. The molecule has 2 aromatic heterocycles. The molecule has 0 radical (unpaired) electrons. The van der Waals surface area contributed by atoms with E-state index in [1.54, 1.807) is 23.2 Å². The minimum absolute atomic E-state index is 0.215. The summed E-state index contributed by atoms with van der Waals surface area (Å²) < 4.78 is 5.93. The molecule has 0 aliphatic carbocycles. The number of carbonyl (C=O) groups is 1. The van der Waals surface area contributed by atoms with Crippen molar-refractivity contribution >= 4 is 17.5 Å². The molecule has 1 amide bonds. The van der Waals surface area contributed by atoms with E-state index in [1.807, 2.05) is 24.3 Å². The maximum atomic E-state index is 12.8. The lowest BCUT2D eigenvalue weighted by Gasteiger charge is -2.22. The molecule has 1 aliphatic rings. The fourth-order valence-corrected chi connectivity index (χ4v) is 3.48. The summed E-state index contributed by atoms with van der Waals surface area (Å²) in [6.45, 7) is 0.606. The zero-order valence-electron chi connectivity index (χ0n) is 14.5. The summed E-state index contributed by atoms with van der Waals surface area (Å²) in [6.07, 6.45) is 3.96. The van der Waals surface area contributed by atoms with Crippen LogP contribution in [0, 0.1) is 0 Å². The Morgan fingerprint density at radius 3 is 2.85 bits per heavy atom. The number of carbonyl (C=O) groups excluding carboxylic acids is 1. The molecule has 1 aliphatic heterocycles. The van der Waals surface area contributed by atoms with E-state index < -0.39 is 0 Å². The highest BCUT2D eigenvalue weighted by Gasteiger charge is 2.34. The molecule has 1 atom stereocenters. The first kappa shape index (κ1) is 17.5. The van der Waals surface area contributed by atoms with Gasteiger partial charge in [0.25, 0.3) is 5.91 Å². The second-order valence-corrected chi connectivity index (χ2v) is 6.99. The molecule has 138 valence electrons. The van der Waals surface area contributed by atoms with Gasteiger partial charge in [0.2, 0.25) is 11.4 Å². The number of aromatic nitrogens is 2. The fourth-order valence-electron chi connectivity index (χ4n) is 3.36. The number of pyridine rings is 1. The van der Waals surface area contributed by atoms with E-state index in [0.29, 0.717) is 23.9 Å². The molecule has 3 aromatic rings. The SMILES string of the molecule is O=C(c1cccc(=O)[nH]1)N1CCC[C@H]1c1ncc(Cc2ccc(Cl)cc2)o1. The van der Waals surface area contributed by atoms with Gasteiger partial charge in [0, 0.05) is 24.1 Å². The third-order valence-corrected chi connectivity index (χ3v) is 4.91. The van der Waals surface area contributed by atoms with Gasteiger partial charge in [0.05, 0.1) is 6.20 Å². The van der Waals surface area contributed by atoms with Crippen LogP contribution in [0.4, 0.5) is 0 Å². The van der Waals surface area contributed by atoms with Crippen LogP contribution in [-0.2, 0) is 6.42 Å². The van der Waals surface area contributed by atoms with E-state index in [-0.39, 0.29) is 23.2 Å². The van der Waals surface area contributed by atoms with Gasteiger partial charge >= 0.3 is 0 Å². The average Bonchev–Trinajstić information content (AvgIpc) is 3.32. The Labute approximate surface area is 160 Å². The second-order valence-electron chi connectivity index (χ2n) is 6.55. The highest BCUT2D eigenvalue weighted by molar-refractivity contribution is 6.30. The fraction of sp³-hybridized carbons (Fsp3) is 0.250. The van der Waals surface area contributed by atoms with Crippen molar-refractivity contribution in [2.45, 2.75) is 25.3 Å². The van der Waals surface area contributed by atoms with Gasteiger partial charge in [-0.2, -0.15) is 0 Å². The van der Waals surface area contributed by atoms with Crippen molar-refractivity contribution in [3.05, 3.63) is 86.9 Å². The maximum Gasteiger partial charge on any atom is 0.271 e. The number of likely N-dealkylation sites (tertiary alicyclic amines) is 1. The van der Waals surface area contributed by atoms with Crippen molar-refractivity contribution in [1.82, 2.24) is 14.9 Å². The van der Waals surface area contributed by atoms with E-state index in [0.717, 1.165) is 24.2 Å². The standard InChI is InChI=1S/C20H18ClN3O3/c21-14-8-6-13(7-9-14)11-15-12-22-19(27-15)17-4-2-10-24(17)20(26)16-3-1-5-18(25)23-16/h1,3,5-9,12,17H,2,4,10-11H2,(H,23,25)/t17-/m0/s1. The van der Waals surface area contributed by atoms with Gasteiger partial charge < -0.3 is 14.3 Å². The lowest BCUT2D eigenvalue weighted by atomic mass is 10.1. The third-order valence-electron chi connectivity index (χ3n) is 4.66. The number of oxazole rings is 1. The largest absolute Gasteiger partial charge is 0.443 e. The molecule has 3 heterocycles. The Kier molecular flexibility index (Phi) is 4.81. The number of aromatic amines is 1. The topological polar surface area (TPSA) is 79.2 Å². The van der Waals surface area contributed by atoms with Gasteiger partial charge in [-0.25, -0.2) is 4.98 Å². The maximum absolute atomic E-state index is 12.8. The molecular formula is C20H18ClN3O3. The number of H-pyrrole nitrogens is 1. The Morgan fingerprint density at radius 1 is 1.26 bits per heavy atom. The molecule has 0 bridgehead atoms. The molecule has 4 rings (SSSR count). The van der Waals surface area contributed by atoms with Gasteiger partial charge in [0.1, 0.15) is 17.5 Å². The molecule has 7 heteroatoms. The Balaban J connectivity index is 1.52. The number of benzene rings is 1. The Hall–Kier alpha value is -2.86. The highest BCUT2D eigenvalue weighted by atomic mass is 35.5. The van der Waals surface area contributed by atoms with Crippen molar-refractivity contribution in [2.75, 3.05) is 6.54 Å². The lowest BCUT2D eigenvalue weighted by molar-refractivity contribution is 0.0708. The zero-order valence-corrected chi connectivity index (χ0v) is 15.3. The number of hydrogen-bond donors (Lipinski definition) is 1. The molecule has 27 heavy (non-hydrogen) atoms. The van der Waals surface area contributed by atoms with Crippen molar-refractivity contribution < 1.29 is 9.21 Å². The van der Waals surface area contributed by atoms with Gasteiger partial charge in [-0.05, 0) is 36.6 Å². The van der Waals surface area contributed by atoms with Crippen LogP contribution in [0.5, 0.6) is 0 Å². The van der Waals surface area contributed by atoms with E-state index in [9.17, 15) is 9.59 Å². The van der Waals surface area contributed by atoms with Crippen LogP contribution >= 0.6 is 11.6 Å². The molecular weight excluding hydrogens is 366 g/mol. The summed E-state index contributed by atoms with van der Waals surface area (Å²) in [6, 6.07) is 11.9. The number of rotatable bonds is 4. The summed E-state index contributed by atoms with van der Waals surface area (Å²) >= 11 is 5.92. The smallest absolute Gasteiger partial charge is 0.271 e. The molecule has 1 N–H and O–H groups in total. The molecule has 0 saturated carbocycles. The first-order valence-corrected chi connectivity index (χ1v) is 9.17. The molecule has 1 aromatic carbocycles. The summed E-state index contributed by atoms with van der Waals surface area (Å²) in [5.74, 6) is 1.05.